The summed E-state index contributed by atoms with van der Waals surface area (Å²) in [5, 5.41) is 8.88. The number of rotatable bonds is 1. The third-order valence-electron chi connectivity index (χ3n) is 1.31. The molecule has 0 aliphatic rings. The van der Waals surface area contributed by atoms with Crippen molar-refractivity contribution in [2.75, 3.05) is 0 Å². The molecule has 0 aliphatic heterocycles. The van der Waals surface area contributed by atoms with E-state index in [1.165, 1.54) is 0 Å². The summed E-state index contributed by atoms with van der Waals surface area (Å²) in [6.07, 6.45) is 2.55. The van der Waals surface area contributed by atoms with Gasteiger partial charge >= 0.3 is 0 Å². The highest BCUT2D eigenvalue weighted by Crippen LogP contribution is 1.93. The lowest BCUT2D eigenvalue weighted by molar-refractivity contribution is 0.253. The van der Waals surface area contributed by atoms with Crippen molar-refractivity contribution in [1.29, 1.82) is 0 Å². The van der Waals surface area contributed by atoms with Crippen molar-refractivity contribution in [2.45, 2.75) is 19.6 Å². The van der Waals surface area contributed by atoms with E-state index in [0.717, 1.165) is 0 Å². The largest absolute Gasteiger partial charge is 0.381 e. The number of aliphatic hydroxyl groups is 1. The first kappa shape index (κ1) is 9.65. The third kappa shape index (κ3) is 3.20. The van der Waals surface area contributed by atoms with Crippen molar-refractivity contribution < 1.29 is 5.11 Å². The lowest BCUT2D eigenvalue weighted by Crippen LogP contribution is -2.02. The van der Waals surface area contributed by atoms with Crippen molar-refractivity contribution in [3.05, 3.63) is 23.8 Å². The van der Waals surface area contributed by atoms with Crippen LogP contribution in [0.25, 0.3) is 0 Å². The minimum Gasteiger partial charge on any atom is -0.381 e. The Kier molecular flexibility index (Phi) is 3.38. The maximum atomic E-state index is 8.88. The molecule has 0 saturated heterocycles. The van der Waals surface area contributed by atoms with Crippen LogP contribution in [-0.2, 0) is 6.54 Å². The van der Waals surface area contributed by atoms with Gasteiger partial charge in [0, 0.05) is 12.4 Å². The summed E-state index contributed by atoms with van der Waals surface area (Å²) in [5.74, 6) is 5.91. The molecule has 68 valence electrons. The second-order valence-corrected chi connectivity index (χ2v) is 2.54. The molecular weight excluding hydrogens is 166 g/mol. The van der Waals surface area contributed by atoms with E-state index in [-0.39, 0.29) is 0 Å². The van der Waals surface area contributed by atoms with Gasteiger partial charge in [0.05, 0.1) is 12.1 Å². The van der Waals surface area contributed by atoms with Gasteiger partial charge in [-0.05, 0) is 6.92 Å². The summed E-state index contributed by atoms with van der Waals surface area (Å²) in [6.45, 7) is 1.92. The molecule has 1 aromatic rings. The quantitative estimate of drug-likeness (QED) is 0.576. The fraction of sp³-hybridized carbons (Fsp3) is 0.333. The normalized spacial score (nSPS) is 11.6. The summed E-state index contributed by atoms with van der Waals surface area (Å²) < 4.78 is 0. The maximum absolute atomic E-state index is 8.88. The van der Waals surface area contributed by atoms with Crippen LogP contribution in [0, 0.1) is 11.8 Å². The Labute approximate surface area is 76.8 Å². The molecule has 1 rings (SSSR count). The lowest BCUT2D eigenvalue weighted by atomic mass is 10.3. The molecule has 1 aromatic heterocycles. The second kappa shape index (κ2) is 4.55. The molecule has 3 N–H and O–H groups in total. The smallest absolute Gasteiger partial charge is 0.141 e. The van der Waals surface area contributed by atoms with E-state index in [0.29, 0.717) is 17.9 Å². The van der Waals surface area contributed by atoms with E-state index < -0.39 is 6.10 Å². The summed E-state index contributed by atoms with van der Waals surface area (Å²) >= 11 is 0. The summed E-state index contributed by atoms with van der Waals surface area (Å²) in [7, 11) is 0. The molecule has 4 nitrogen and oxygen atoms in total. The standard InChI is InChI=1S/C9H11N3O/c1-7(13)2-3-8-5-11-9(4-10)12-6-8/h5-7,13H,4,10H2,1H3. The van der Waals surface area contributed by atoms with E-state index in [4.69, 9.17) is 10.8 Å². The summed E-state index contributed by atoms with van der Waals surface area (Å²) in [5.41, 5.74) is 6.00. The fourth-order valence-corrected chi connectivity index (χ4v) is 0.713. The highest BCUT2D eigenvalue weighted by molar-refractivity contribution is 5.30. The highest BCUT2D eigenvalue weighted by atomic mass is 16.3. The Morgan fingerprint density at radius 2 is 2.15 bits per heavy atom. The van der Waals surface area contributed by atoms with Gasteiger partial charge in [0.15, 0.2) is 0 Å². The van der Waals surface area contributed by atoms with Gasteiger partial charge in [0.25, 0.3) is 0 Å². The molecule has 0 fully saturated rings. The first-order valence-electron chi connectivity index (χ1n) is 3.93. The van der Waals surface area contributed by atoms with Crippen molar-refractivity contribution in [1.82, 2.24) is 9.97 Å². The monoisotopic (exact) mass is 177 g/mol. The van der Waals surface area contributed by atoms with Gasteiger partial charge in [-0.1, -0.05) is 11.8 Å². The molecule has 1 atom stereocenters. The van der Waals surface area contributed by atoms with Crippen LogP contribution in [0.15, 0.2) is 12.4 Å². The van der Waals surface area contributed by atoms with Crippen LogP contribution < -0.4 is 5.73 Å². The highest BCUT2D eigenvalue weighted by Gasteiger charge is 1.92. The molecule has 1 heterocycles. The minimum atomic E-state index is -0.630. The van der Waals surface area contributed by atoms with E-state index in [2.05, 4.69) is 21.8 Å². The number of aromatic nitrogens is 2. The Bertz CT molecular complexity index is 321. The second-order valence-electron chi connectivity index (χ2n) is 2.54. The summed E-state index contributed by atoms with van der Waals surface area (Å²) in [6, 6.07) is 0. The SMILES string of the molecule is CC(O)C#Cc1cnc(CN)nc1. The van der Waals surface area contributed by atoms with Gasteiger partial charge in [-0.25, -0.2) is 9.97 Å². The van der Waals surface area contributed by atoms with Crippen LogP contribution >= 0.6 is 0 Å². The fourth-order valence-electron chi connectivity index (χ4n) is 0.713. The zero-order valence-electron chi connectivity index (χ0n) is 7.36. The molecule has 4 heteroatoms. The van der Waals surface area contributed by atoms with Crippen LogP contribution in [-0.4, -0.2) is 21.2 Å². The van der Waals surface area contributed by atoms with E-state index in [9.17, 15) is 0 Å². The van der Waals surface area contributed by atoms with Crippen molar-refractivity contribution in [2.24, 2.45) is 5.73 Å². The van der Waals surface area contributed by atoms with E-state index in [1.807, 2.05) is 0 Å². The Morgan fingerprint density at radius 1 is 1.54 bits per heavy atom. The van der Waals surface area contributed by atoms with Crippen LogP contribution in [0.3, 0.4) is 0 Å². The number of aliphatic hydroxyl groups excluding tert-OH is 1. The number of hydrogen-bond acceptors (Lipinski definition) is 4. The molecule has 0 aromatic carbocycles. The van der Waals surface area contributed by atoms with Gasteiger partial charge < -0.3 is 10.8 Å². The Hall–Kier alpha value is -1.44. The van der Waals surface area contributed by atoms with E-state index in [1.54, 1.807) is 19.3 Å². The van der Waals surface area contributed by atoms with E-state index >= 15 is 0 Å². The average Bonchev–Trinajstić information content (AvgIpc) is 2.15. The number of nitrogens with zero attached hydrogens (tertiary/aromatic N) is 2. The first-order chi connectivity index (χ1) is 6.22. The van der Waals surface area contributed by atoms with Crippen LogP contribution in [0.4, 0.5) is 0 Å². The van der Waals surface area contributed by atoms with Gasteiger partial charge in [-0.3, -0.25) is 0 Å². The lowest BCUT2D eigenvalue weighted by Gasteiger charge is -1.93. The average molecular weight is 177 g/mol. The molecule has 0 spiro atoms. The van der Waals surface area contributed by atoms with Crippen molar-refractivity contribution >= 4 is 0 Å². The Balaban J connectivity index is 2.77. The van der Waals surface area contributed by atoms with Crippen LogP contribution in [0.5, 0.6) is 0 Å². The zero-order chi connectivity index (χ0) is 9.68. The summed E-state index contributed by atoms with van der Waals surface area (Å²) in [4.78, 5) is 7.91. The van der Waals surface area contributed by atoms with Gasteiger partial charge in [-0.2, -0.15) is 0 Å². The molecule has 13 heavy (non-hydrogen) atoms. The Morgan fingerprint density at radius 3 is 2.62 bits per heavy atom. The molecule has 1 unspecified atom stereocenters. The third-order valence-corrected chi connectivity index (χ3v) is 1.31. The minimum absolute atomic E-state index is 0.324. The van der Waals surface area contributed by atoms with Crippen LogP contribution in [0.1, 0.15) is 18.3 Å². The number of nitrogens with two attached hydrogens (primary N) is 1. The molecule has 0 saturated carbocycles. The van der Waals surface area contributed by atoms with Crippen molar-refractivity contribution in [3.63, 3.8) is 0 Å². The maximum Gasteiger partial charge on any atom is 0.141 e. The predicted molar refractivity (Wildman–Crippen MR) is 48.5 cm³/mol. The topological polar surface area (TPSA) is 72.0 Å². The molecule has 0 aliphatic carbocycles. The zero-order valence-corrected chi connectivity index (χ0v) is 7.36. The van der Waals surface area contributed by atoms with Crippen molar-refractivity contribution in [3.8, 4) is 11.8 Å². The molecular formula is C9H11N3O. The van der Waals surface area contributed by atoms with Crippen LogP contribution in [0.2, 0.25) is 0 Å². The molecule has 0 bridgehead atoms. The van der Waals surface area contributed by atoms with Gasteiger partial charge in [0.2, 0.25) is 0 Å². The first-order valence-corrected chi connectivity index (χ1v) is 3.93. The predicted octanol–water partition coefficient (Wildman–Crippen LogP) is -0.332. The van der Waals surface area contributed by atoms with Gasteiger partial charge in [-0.15, -0.1) is 0 Å². The molecule has 0 radical (unpaired) electrons. The molecule has 0 amide bonds. The van der Waals surface area contributed by atoms with Gasteiger partial charge in [0.1, 0.15) is 11.9 Å². The number of hydrogen-bond donors (Lipinski definition) is 2.